The first-order valence-corrected chi connectivity index (χ1v) is 11.1. The molecule has 0 saturated heterocycles. The summed E-state index contributed by atoms with van der Waals surface area (Å²) in [6, 6.07) is 13.2. The van der Waals surface area contributed by atoms with Crippen LogP contribution in [0.5, 0.6) is 0 Å². The second-order valence-corrected chi connectivity index (χ2v) is 8.32. The minimum Gasteiger partial charge on any atom is -0.346 e. The quantitative estimate of drug-likeness (QED) is 0.480. The molecule has 9 heteroatoms. The van der Waals surface area contributed by atoms with Gasteiger partial charge in [0.05, 0.1) is 12.6 Å². The molecule has 1 aliphatic rings. The van der Waals surface area contributed by atoms with Crippen LogP contribution < -0.4 is 5.32 Å². The maximum atomic E-state index is 13.3. The Labute approximate surface area is 197 Å². The van der Waals surface area contributed by atoms with Crippen molar-refractivity contribution in [1.82, 2.24) is 34.5 Å². The van der Waals surface area contributed by atoms with Crippen LogP contribution in [0.4, 0.5) is 0 Å². The lowest BCUT2D eigenvalue weighted by Gasteiger charge is -2.36. The zero-order valence-corrected chi connectivity index (χ0v) is 18.8. The highest BCUT2D eigenvalue weighted by atomic mass is 16.2. The Hall–Kier alpha value is -4.27. The van der Waals surface area contributed by atoms with E-state index in [0.29, 0.717) is 31.2 Å². The Bertz CT molecular complexity index is 1300. The summed E-state index contributed by atoms with van der Waals surface area (Å²) in [4.78, 5) is 36.8. The smallest absolute Gasteiger partial charge is 0.271 e. The van der Waals surface area contributed by atoms with E-state index in [-0.39, 0.29) is 24.3 Å². The summed E-state index contributed by atoms with van der Waals surface area (Å²) in [6.45, 7) is 1.46. The summed E-state index contributed by atoms with van der Waals surface area (Å²) in [5.74, 6) is 0.424. The number of benzene rings is 1. The van der Waals surface area contributed by atoms with Crippen molar-refractivity contribution >= 4 is 11.8 Å². The van der Waals surface area contributed by atoms with Crippen molar-refractivity contribution in [2.45, 2.75) is 25.6 Å². The molecule has 9 nitrogen and oxygen atoms in total. The Balaban J connectivity index is 1.41. The third-order valence-corrected chi connectivity index (χ3v) is 5.90. The number of aromatic nitrogens is 5. The van der Waals surface area contributed by atoms with Gasteiger partial charge in [-0.25, -0.2) is 4.98 Å². The molecule has 0 radical (unpaired) electrons. The van der Waals surface area contributed by atoms with Crippen LogP contribution in [-0.4, -0.2) is 47.6 Å². The molecule has 1 aliphatic heterocycles. The summed E-state index contributed by atoms with van der Waals surface area (Å²) >= 11 is 0. The van der Waals surface area contributed by atoms with Gasteiger partial charge in [0, 0.05) is 57.0 Å². The number of nitrogens with zero attached hydrogens (tertiary/aromatic N) is 6. The highest BCUT2D eigenvalue weighted by Crippen LogP contribution is 2.32. The molecule has 172 valence electrons. The molecule has 4 heterocycles. The first-order chi connectivity index (χ1) is 16.6. The summed E-state index contributed by atoms with van der Waals surface area (Å²) in [6.07, 6.45) is 9.01. The van der Waals surface area contributed by atoms with Gasteiger partial charge in [-0.05, 0) is 17.2 Å². The zero-order valence-electron chi connectivity index (χ0n) is 18.8. The van der Waals surface area contributed by atoms with Crippen LogP contribution in [0.2, 0.25) is 0 Å². The summed E-state index contributed by atoms with van der Waals surface area (Å²) in [5, 5.41) is 7.03. The van der Waals surface area contributed by atoms with Crippen molar-refractivity contribution in [3.8, 4) is 0 Å². The molecular formula is C25H25N7O2. The van der Waals surface area contributed by atoms with Gasteiger partial charge in [-0.3, -0.25) is 19.3 Å². The number of nitrogens with one attached hydrogen (secondary N) is 1. The summed E-state index contributed by atoms with van der Waals surface area (Å²) in [7, 11) is 1.83. The number of hydrogen-bond acceptors (Lipinski definition) is 5. The van der Waals surface area contributed by atoms with Gasteiger partial charge < -0.3 is 14.8 Å². The van der Waals surface area contributed by atoms with Crippen LogP contribution in [0.3, 0.4) is 0 Å². The van der Waals surface area contributed by atoms with Crippen molar-refractivity contribution in [2.24, 2.45) is 7.05 Å². The topological polar surface area (TPSA) is 97.9 Å². The zero-order chi connectivity index (χ0) is 23.5. The van der Waals surface area contributed by atoms with E-state index in [1.54, 1.807) is 29.5 Å². The van der Waals surface area contributed by atoms with E-state index < -0.39 is 0 Å². The third-order valence-electron chi connectivity index (χ3n) is 5.90. The fourth-order valence-electron chi connectivity index (χ4n) is 4.27. The molecule has 34 heavy (non-hydrogen) atoms. The molecular weight excluding hydrogens is 430 g/mol. The van der Waals surface area contributed by atoms with E-state index in [1.165, 1.54) is 0 Å². The molecule has 1 aromatic carbocycles. The lowest BCUT2D eigenvalue weighted by Crippen LogP contribution is -2.43. The lowest BCUT2D eigenvalue weighted by molar-refractivity contribution is -0.133. The Kier molecular flexibility index (Phi) is 5.90. The fraction of sp³-hybridized carbons (Fsp3) is 0.240. The van der Waals surface area contributed by atoms with Crippen LogP contribution in [0, 0.1) is 0 Å². The highest BCUT2D eigenvalue weighted by molar-refractivity contribution is 5.92. The molecule has 1 atom stereocenters. The number of pyridine rings is 1. The molecule has 5 rings (SSSR count). The number of carbonyl (C=O) groups excluding carboxylic acids is 2. The van der Waals surface area contributed by atoms with Gasteiger partial charge in [0.2, 0.25) is 5.91 Å². The van der Waals surface area contributed by atoms with E-state index >= 15 is 0 Å². The predicted molar refractivity (Wildman–Crippen MR) is 125 cm³/mol. The van der Waals surface area contributed by atoms with E-state index in [4.69, 9.17) is 0 Å². The Morgan fingerprint density at radius 3 is 2.62 bits per heavy atom. The molecule has 0 fully saturated rings. The molecule has 0 aliphatic carbocycles. The van der Waals surface area contributed by atoms with Gasteiger partial charge in [0.1, 0.15) is 17.6 Å². The fourth-order valence-corrected chi connectivity index (χ4v) is 4.27. The van der Waals surface area contributed by atoms with Gasteiger partial charge in [-0.2, -0.15) is 5.10 Å². The maximum absolute atomic E-state index is 13.3. The normalized spacial score (nSPS) is 15.1. The molecule has 4 aromatic rings. The maximum Gasteiger partial charge on any atom is 0.271 e. The molecule has 2 amide bonds. The number of hydrogen-bond donors (Lipinski definition) is 1. The Morgan fingerprint density at radius 1 is 1.03 bits per heavy atom. The van der Waals surface area contributed by atoms with Crippen molar-refractivity contribution in [3.63, 3.8) is 0 Å². The van der Waals surface area contributed by atoms with E-state index in [2.05, 4.69) is 20.4 Å². The first kappa shape index (κ1) is 21.6. The predicted octanol–water partition coefficient (Wildman–Crippen LogP) is 2.12. The standard InChI is InChI=1S/C25H25N7O2/c1-30-16-19(15-28-30)14-27-25(34)21-17-31-10-11-32(22(33)12-18-6-5-9-26-13-18)23(24(31)29-21)20-7-3-2-4-8-20/h2-9,13,15-17,23H,10-12,14H2,1H3,(H,27,34). The summed E-state index contributed by atoms with van der Waals surface area (Å²) in [5.41, 5.74) is 3.06. The van der Waals surface area contributed by atoms with E-state index in [1.807, 2.05) is 65.2 Å². The Morgan fingerprint density at radius 2 is 1.88 bits per heavy atom. The number of rotatable bonds is 6. The van der Waals surface area contributed by atoms with Gasteiger partial charge in [0.15, 0.2) is 0 Å². The number of fused-ring (bicyclic) bond motifs is 1. The average Bonchev–Trinajstić information content (AvgIpc) is 3.49. The number of amides is 2. The van der Waals surface area contributed by atoms with Gasteiger partial charge in [-0.1, -0.05) is 36.4 Å². The highest BCUT2D eigenvalue weighted by Gasteiger charge is 2.34. The van der Waals surface area contributed by atoms with E-state index in [9.17, 15) is 9.59 Å². The molecule has 1 unspecified atom stereocenters. The molecule has 0 bridgehead atoms. The number of carbonyl (C=O) groups is 2. The van der Waals surface area contributed by atoms with Gasteiger partial charge in [-0.15, -0.1) is 0 Å². The number of imidazole rings is 1. The van der Waals surface area contributed by atoms with Crippen molar-refractivity contribution < 1.29 is 9.59 Å². The monoisotopic (exact) mass is 455 g/mol. The number of aryl methyl sites for hydroxylation is 1. The minimum atomic E-state index is -0.376. The van der Waals surface area contributed by atoms with Crippen LogP contribution in [0.1, 0.15) is 39.0 Å². The third kappa shape index (κ3) is 4.45. The van der Waals surface area contributed by atoms with Gasteiger partial charge in [0.25, 0.3) is 5.91 Å². The van der Waals surface area contributed by atoms with Crippen molar-refractivity contribution in [1.29, 1.82) is 0 Å². The second-order valence-electron chi connectivity index (χ2n) is 8.32. The first-order valence-electron chi connectivity index (χ1n) is 11.1. The SMILES string of the molecule is Cn1cc(CNC(=O)c2cn3c(n2)C(c2ccccc2)N(C(=O)Cc2cccnc2)CC3)cn1. The van der Waals surface area contributed by atoms with Crippen molar-refractivity contribution in [3.05, 3.63) is 102 Å². The van der Waals surface area contributed by atoms with Gasteiger partial charge >= 0.3 is 0 Å². The van der Waals surface area contributed by atoms with Crippen LogP contribution in [0.15, 0.2) is 73.4 Å². The second kappa shape index (κ2) is 9.30. The van der Waals surface area contributed by atoms with E-state index in [0.717, 1.165) is 16.7 Å². The lowest BCUT2D eigenvalue weighted by atomic mass is 10.0. The van der Waals surface area contributed by atoms with Crippen LogP contribution >= 0.6 is 0 Å². The van der Waals surface area contributed by atoms with Crippen LogP contribution in [-0.2, 0) is 31.4 Å². The molecule has 1 N–H and O–H groups in total. The summed E-state index contributed by atoms with van der Waals surface area (Å²) < 4.78 is 3.67. The molecule has 3 aromatic heterocycles. The van der Waals surface area contributed by atoms with Crippen molar-refractivity contribution in [2.75, 3.05) is 6.54 Å². The minimum absolute atomic E-state index is 0.00122. The van der Waals surface area contributed by atoms with Crippen LogP contribution in [0.25, 0.3) is 0 Å². The average molecular weight is 456 g/mol. The largest absolute Gasteiger partial charge is 0.346 e. The molecule has 0 saturated carbocycles. The molecule has 0 spiro atoms.